The molecule has 1 aromatic carbocycles. The summed E-state index contributed by atoms with van der Waals surface area (Å²) in [7, 11) is -1.80. The zero-order chi connectivity index (χ0) is 14.8. The van der Waals surface area contributed by atoms with Gasteiger partial charge >= 0.3 is 0 Å². The third-order valence-electron chi connectivity index (χ3n) is 3.74. The summed E-state index contributed by atoms with van der Waals surface area (Å²) in [5, 5.41) is 0. The van der Waals surface area contributed by atoms with Crippen molar-refractivity contribution in [1.29, 1.82) is 0 Å². The maximum absolute atomic E-state index is 12.5. The average molecular weight is 297 g/mol. The smallest absolute Gasteiger partial charge is 0.242 e. The lowest BCUT2D eigenvalue weighted by molar-refractivity contribution is 0.0979. The fourth-order valence-electron chi connectivity index (χ4n) is 2.38. The van der Waals surface area contributed by atoms with Crippen LogP contribution in [0.2, 0.25) is 0 Å². The number of rotatable bonds is 5. The summed E-state index contributed by atoms with van der Waals surface area (Å²) < 4.78 is 31.8. The van der Waals surface area contributed by atoms with Crippen LogP contribution >= 0.6 is 0 Å². The topological polar surface area (TPSA) is 46.6 Å². The molecular weight excluding hydrogens is 274 g/mol. The van der Waals surface area contributed by atoms with E-state index >= 15 is 0 Å². The fraction of sp³-hybridized carbons (Fsp3) is 0.600. The molecule has 1 aliphatic heterocycles. The van der Waals surface area contributed by atoms with E-state index in [1.54, 1.807) is 19.2 Å². The molecule has 1 atom stereocenters. The first-order valence-corrected chi connectivity index (χ1v) is 8.53. The number of likely N-dealkylation sites (N-methyl/N-ethyl adjacent to an activating group) is 1. The van der Waals surface area contributed by atoms with Crippen LogP contribution in [0.3, 0.4) is 0 Å². The highest BCUT2D eigenvalue weighted by atomic mass is 32.2. The summed E-state index contributed by atoms with van der Waals surface area (Å²) in [6.07, 6.45) is 1.98. The largest absolute Gasteiger partial charge is 0.377 e. The van der Waals surface area contributed by atoms with Crippen LogP contribution in [0.1, 0.15) is 38.2 Å². The molecular formula is C15H23NO3S. The zero-order valence-electron chi connectivity index (χ0n) is 12.4. The number of nitrogens with zero attached hydrogens (tertiary/aromatic N) is 1. The van der Waals surface area contributed by atoms with E-state index in [0.717, 1.165) is 25.0 Å². The van der Waals surface area contributed by atoms with E-state index in [-0.39, 0.29) is 6.10 Å². The normalized spacial score (nSPS) is 19.9. The van der Waals surface area contributed by atoms with Gasteiger partial charge in [-0.2, -0.15) is 4.31 Å². The maximum Gasteiger partial charge on any atom is 0.242 e. The lowest BCUT2D eigenvalue weighted by atomic mass is 10.0. The molecule has 0 radical (unpaired) electrons. The SMILES string of the molecule is CC(C)c1ccc(S(=O)(=O)N(C)CC2CCCO2)cc1. The van der Waals surface area contributed by atoms with Crippen LogP contribution < -0.4 is 0 Å². The van der Waals surface area contributed by atoms with Crippen molar-refractivity contribution < 1.29 is 13.2 Å². The van der Waals surface area contributed by atoms with Gasteiger partial charge in [-0.1, -0.05) is 26.0 Å². The van der Waals surface area contributed by atoms with Gasteiger partial charge in [0.05, 0.1) is 11.0 Å². The number of hydrogen-bond donors (Lipinski definition) is 0. The quantitative estimate of drug-likeness (QED) is 0.839. The van der Waals surface area contributed by atoms with Gasteiger partial charge in [0.15, 0.2) is 0 Å². The monoisotopic (exact) mass is 297 g/mol. The van der Waals surface area contributed by atoms with Crippen molar-refractivity contribution in [3.63, 3.8) is 0 Å². The predicted octanol–water partition coefficient (Wildman–Crippen LogP) is 2.61. The van der Waals surface area contributed by atoms with Gasteiger partial charge in [0.2, 0.25) is 10.0 Å². The average Bonchev–Trinajstić information content (AvgIpc) is 2.91. The van der Waals surface area contributed by atoms with Crippen molar-refractivity contribution in [2.75, 3.05) is 20.2 Å². The zero-order valence-corrected chi connectivity index (χ0v) is 13.2. The Kier molecular flexibility index (Phi) is 4.83. The Labute approximate surface area is 121 Å². The van der Waals surface area contributed by atoms with E-state index in [1.807, 2.05) is 12.1 Å². The minimum absolute atomic E-state index is 0.0321. The Morgan fingerprint density at radius 2 is 1.95 bits per heavy atom. The first-order chi connectivity index (χ1) is 9.41. The molecule has 1 aliphatic rings. The molecule has 112 valence electrons. The Morgan fingerprint density at radius 1 is 1.30 bits per heavy atom. The Balaban J connectivity index is 2.11. The summed E-state index contributed by atoms with van der Waals surface area (Å²) >= 11 is 0. The van der Waals surface area contributed by atoms with E-state index in [4.69, 9.17) is 4.74 Å². The molecule has 0 saturated carbocycles. The highest BCUT2D eigenvalue weighted by molar-refractivity contribution is 7.89. The van der Waals surface area contributed by atoms with E-state index in [1.165, 1.54) is 4.31 Å². The first-order valence-electron chi connectivity index (χ1n) is 7.09. The molecule has 1 unspecified atom stereocenters. The van der Waals surface area contributed by atoms with Crippen molar-refractivity contribution in [3.05, 3.63) is 29.8 Å². The van der Waals surface area contributed by atoms with Crippen LogP contribution in [0.5, 0.6) is 0 Å². The minimum atomic E-state index is -3.42. The van der Waals surface area contributed by atoms with E-state index in [2.05, 4.69) is 13.8 Å². The van der Waals surface area contributed by atoms with E-state index in [0.29, 0.717) is 17.4 Å². The molecule has 0 N–H and O–H groups in total. The van der Waals surface area contributed by atoms with Crippen LogP contribution in [-0.4, -0.2) is 39.0 Å². The Bertz CT molecular complexity index is 531. The van der Waals surface area contributed by atoms with Gasteiger partial charge in [-0.15, -0.1) is 0 Å². The molecule has 1 saturated heterocycles. The number of sulfonamides is 1. The second kappa shape index (κ2) is 6.24. The second-order valence-electron chi connectivity index (χ2n) is 5.64. The first kappa shape index (κ1) is 15.5. The van der Waals surface area contributed by atoms with Gasteiger partial charge < -0.3 is 4.74 Å². The molecule has 1 aromatic rings. The second-order valence-corrected chi connectivity index (χ2v) is 7.69. The van der Waals surface area contributed by atoms with Crippen molar-refractivity contribution in [1.82, 2.24) is 4.31 Å². The standard InChI is InChI=1S/C15H23NO3S/c1-12(2)13-6-8-15(9-7-13)20(17,18)16(3)11-14-5-4-10-19-14/h6-9,12,14H,4-5,10-11H2,1-3H3. The number of ether oxygens (including phenoxy) is 1. The number of hydrogen-bond acceptors (Lipinski definition) is 3. The molecule has 4 nitrogen and oxygen atoms in total. The highest BCUT2D eigenvalue weighted by Gasteiger charge is 2.25. The van der Waals surface area contributed by atoms with Crippen molar-refractivity contribution >= 4 is 10.0 Å². The van der Waals surface area contributed by atoms with Crippen molar-refractivity contribution in [3.8, 4) is 0 Å². The number of benzene rings is 1. The van der Waals surface area contributed by atoms with E-state index < -0.39 is 10.0 Å². The summed E-state index contributed by atoms with van der Waals surface area (Å²) in [5.41, 5.74) is 1.14. The molecule has 20 heavy (non-hydrogen) atoms. The van der Waals surface area contributed by atoms with Crippen molar-refractivity contribution in [2.24, 2.45) is 0 Å². The molecule has 0 spiro atoms. The molecule has 1 fully saturated rings. The van der Waals surface area contributed by atoms with Gasteiger partial charge in [0.25, 0.3) is 0 Å². The molecule has 1 heterocycles. The van der Waals surface area contributed by atoms with Crippen LogP contribution in [0, 0.1) is 0 Å². The van der Waals surface area contributed by atoms with Crippen LogP contribution in [-0.2, 0) is 14.8 Å². The molecule has 5 heteroatoms. The van der Waals surface area contributed by atoms with Gasteiger partial charge in [-0.05, 0) is 36.5 Å². The molecule has 0 aliphatic carbocycles. The molecule has 0 aromatic heterocycles. The molecule has 0 bridgehead atoms. The fourth-order valence-corrected chi connectivity index (χ4v) is 3.58. The third kappa shape index (κ3) is 3.40. The van der Waals surface area contributed by atoms with Gasteiger partial charge in [0.1, 0.15) is 0 Å². The third-order valence-corrected chi connectivity index (χ3v) is 5.58. The Hall–Kier alpha value is -0.910. The summed E-state index contributed by atoms with van der Waals surface area (Å²) in [6, 6.07) is 7.16. The highest BCUT2D eigenvalue weighted by Crippen LogP contribution is 2.21. The summed E-state index contributed by atoms with van der Waals surface area (Å²) in [5.74, 6) is 0.399. The lowest BCUT2D eigenvalue weighted by Crippen LogP contribution is -2.34. The van der Waals surface area contributed by atoms with Crippen LogP contribution in [0.25, 0.3) is 0 Å². The van der Waals surface area contributed by atoms with Gasteiger partial charge in [0, 0.05) is 20.2 Å². The molecule has 2 rings (SSSR count). The van der Waals surface area contributed by atoms with Gasteiger partial charge in [-0.3, -0.25) is 0 Å². The lowest BCUT2D eigenvalue weighted by Gasteiger charge is -2.20. The van der Waals surface area contributed by atoms with Crippen LogP contribution in [0.15, 0.2) is 29.2 Å². The summed E-state index contributed by atoms with van der Waals surface area (Å²) in [4.78, 5) is 0.349. The van der Waals surface area contributed by atoms with Crippen LogP contribution in [0.4, 0.5) is 0 Å². The Morgan fingerprint density at radius 3 is 2.45 bits per heavy atom. The molecule has 0 amide bonds. The minimum Gasteiger partial charge on any atom is -0.377 e. The van der Waals surface area contributed by atoms with Crippen molar-refractivity contribution in [2.45, 2.75) is 43.6 Å². The van der Waals surface area contributed by atoms with Gasteiger partial charge in [-0.25, -0.2) is 8.42 Å². The summed E-state index contributed by atoms with van der Waals surface area (Å²) in [6.45, 7) is 5.34. The predicted molar refractivity (Wildman–Crippen MR) is 79.3 cm³/mol. The maximum atomic E-state index is 12.5. The van der Waals surface area contributed by atoms with E-state index in [9.17, 15) is 8.42 Å².